The van der Waals surface area contributed by atoms with Crippen molar-refractivity contribution >= 4 is 16.9 Å². The number of ether oxygens (including phenoxy) is 7. The Morgan fingerprint density at radius 3 is 1.73 bits per heavy atom. The molecule has 5 aromatic rings. The Labute approximate surface area is 280 Å². The van der Waals surface area contributed by atoms with Gasteiger partial charge in [0.2, 0.25) is 5.75 Å². The summed E-state index contributed by atoms with van der Waals surface area (Å²) < 4.78 is 40.6. The lowest BCUT2D eigenvalue weighted by molar-refractivity contribution is 0.0954. The zero-order valence-corrected chi connectivity index (χ0v) is 28.3. The molecule has 1 amide bonds. The van der Waals surface area contributed by atoms with Crippen LogP contribution in [0.4, 0.5) is 0 Å². The minimum absolute atomic E-state index is 0.188. The summed E-state index contributed by atoms with van der Waals surface area (Å²) in [7, 11) is 11.2. The predicted molar refractivity (Wildman–Crippen MR) is 184 cm³/mol. The lowest BCUT2D eigenvalue weighted by Gasteiger charge is -2.15. The average molecular weight is 656 g/mol. The van der Waals surface area contributed by atoms with Gasteiger partial charge >= 0.3 is 0 Å². The number of methoxy groups -OCH3 is 7. The van der Waals surface area contributed by atoms with Crippen molar-refractivity contribution < 1.29 is 38.0 Å². The third-order valence-electron chi connectivity index (χ3n) is 8.15. The number of carbonyl (C=O) groups excluding carboxylic acids is 1. The first-order valence-electron chi connectivity index (χ1n) is 15.4. The van der Waals surface area contributed by atoms with Crippen LogP contribution in [0, 0.1) is 0 Å². The molecule has 1 aromatic heterocycles. The first-order chi connectivity index (χ1) is 23.4. The third-order valence-corrected chi connectivity index (χ3v) is 8.15. The number of hydrogen-bond donors (Lipinski definition) is 1. The molecule has 0 unspecified atom stereocenters. The molecule has 5 rings (SSSR count). The van der Waals surface area contributed by atoms with Crippen LogP contribution in [0.3, 0.4) is 0 Å². The van der Waals surface area contributed by atoms with Crippen molar-refractivity contribution in [3.63, 3.8) is 0 Å². The van der Waals surface area contributed by atoms with E-state index in [1.54, 1.807) is 49.8 Å². The van der Waals surface area contributed by atoms with Crippen LogP contribution in [0.25, 0.3) is 22.4 Å². The molecule has 0 aliphatic carbocycles. The van der Waals surface area contributed by atoms with Crippen LogP contribution in [0.2, 0.25) is 0 Å². The number of nitrogens with one attached hydrogen (secondary N) is 1. The van der Waals surface area contributed by atoms with Crippen LogP contribution >= 0.6 is 0 Å². The van der Waals surface area contributed by atoms with Gasteiger partial charge in [0.25, 0.3) is 5.91 Å². The predicted octanol–water partition coefficient (Wildman–Crippen LogP) is 5.98. The van der Waals surface area contributed by atoms with E-state index in [9.17, 15) is 4.79 Å². The van der Waals surface area contributed by atoms with Gasteiger partial charge in [-0.25, -0.2) is 4.98 Å². The van der Waals surface area contributed by atoms with Gasteiger partial charge in [0.05, 0.1) is 60.8 Å². The number of nitrogens with zero attached hydrogens (tertiary/aromatic N) is 2. The zero-order chi connectivity index (χ0) is 34.2. The van der Waals surface area contributed by atoms with Gasteiger partial charge in [0.1, 0.15) is 5.82 Å². The van der Waals surface area contributed by atoms with Gasteiger partial charge in [-0.05, 0) is 78.6 Å². The second-order valence-corrected chi connectivity index (χ2v) is 10.8. The minimum atomic E-state index is -0.188. The number of imidazole rings is 1. The Balaban J connectivity index is 1.46. The van der Waals surface area contributed by atoms with Gasteiger partial charge in [-0.2, -0.15) is 0 Å². The molecule has 1 N–H and O–H groups in total. The highest BCUT2D eigenvalue weighted by Gasteiger charge is 2.20. The maximum Gasteiger partial charge on any atom is 0.251 e. The Kier molecular flexibility index (Phi) is 10.8. The van der Waals surface area contributed by atoms with Crippen molar-refractivity contribution in [2.45, 2.75) is 19.4 Å². The molecule has 0 bridgehead atoms. The van der Waals surface area contributed by atoms with Gasteiger partial charge in [-0.1, -0.05) is 12.1 Å². The standard InChI is InChI=1S/C37H41N3O8/c1-42-29-12-8-23(18-31(29)44-3)14-16-38-37(41)25-10-11-28-27(20-25)39-36(26-21-33(46-5)35(48-7)34(22-26)47-6)40(28)17-15-24-9-13-30(43-2)32(19-24)45-4/h8-13,18-22H,14-17H2,1-7H3,(H,38,41). The van der Waals surface area contributed by atoms with Crippen LogP contribution < -0.4 is 38.5 Å². The lowest BCUT2D eigenvalue weighted by atomic mass is 10.1. The summed E-state index contributed by atoms with van der Waals surface area (Å²) in [6.07, 6.45) is 1.31. The monoisotopic (exact) mass is 655 g/mol. The summed E-state index contributed by atoms with van der Waals surface area (Å²) in [5.74, 6) is 4.66. The lowest BCUT2D eigenvalue weighted by Crippen LogP contribution is -2.25. The molecular weight excluding hydrogens is 614 g/mol. The Morgan fingerprint density at radius 1 is 0.625 bits per heavy atom. The Bertz CT molecular complexity index is 1880. The quantitative estimate of drug-likeness (QED) is 0.146. The molecule has 252 valence electrons. The maximum atomic E-state index is 13.3. The number of aromatic nitrogens is 2. The van der Waals surface area contributed by atoms with Crippen molar-refractivity contribution in [3.8, 4) is 51.6 Å². The molecule has 11 heteroatoms. The van der Waals surface area contributed by atoms with E-state index < -0.39 is 0 Å². The topological polar surface area (TPSA) is 112 Å². The number of rotatable bonds is 15. The second-order valence-electron chi connectivity index (χ2n) is 10.8. The van der Waals surface area contributed by atoms with Gasteiger partial charge in [-0.3, -0.25) is 4.79 Å². The third kappa shape index (κ3) is 7.05. The highest BCUT2D eigenvalue weighted by atomic mass is 16.5. The molecule has 0 aliphatic heterocycles. The summed E-state index contributed by atoms with van der Waals surface area (Å²) in [4.78, 5) is 18.3. The fraction of sp³-hybridized carbons (Fsp3) is 0.297. The van der Waals surface area contributed by atoms with E-state index in [-0.39, 0.29) is 5.91 Å². The highest BCUT2D eigenvalue weighted by Crippen LogP contribution is 2.41. The van der Waals surface area contributed by atoms with E-state index >= 15 is 0 Å². The van der Waals surface area contributed by atoms with Crippen molar-refractivity contribution in [1.82, 2.24) is 14.9 Å². The fourth-order valence-corrected chi connectivity index (χ4v) is 5.66. The zero-order valence-electron chi connectivity index (χ0n) is 28.3. The average Bonchev–Trinajstić information content (AvgIpc) is 3.50. The molecular formula is C37H41N3O8. The molecule has 0 fully saturated rings. The summed E-state index contributed by atoms with van der Waals surface area (Å²) in [5, 5.41) is 3.03. The van der Waals surface area contributed by atoms with Gasteiger partial charge in [0.15, 0.2) is 34.5 Å². The van der Waals surface area contributed by atoms with Crippen molar-refractivity contribution in [2.75, 3.05) is 56.3 Å². The van der Waals surface area contributed by atoms with E-state index in [0.717, 1.165) is 22.2 Å². The summed E-state index contributed by atoms with van der Waals surface area (Å²) in [6.45, 7) is 1.04. The first-order valence-corrected chi connectivity index (χ1v) is 15.4. The number of aryl methyl sites for hydroxylation is 2. The van der Waals surface area contributed by atoms with E-state index in [2.05, 4.69) is 9.88 Å². The molecule has 0 aliphatic rings. The normalized spacial score (nSPS) is 10.8. The van der Waals surface area contributed by atoms with Crippen LogP contribution in [-0.2, 0) is 19.4 Å². The minimum Gasteiger partial charge on any atom is -0.493 e. The Hall–Kier alpha value is -5.58. The Morgan fingerprint density at radius 2 is 1.19 bits per heavy atom. The number of hydrogen-bond acceptors (Lipinski definition) is 9. The number of benzene rings is 4. The molecule has 0 atom stereocenters. The van der Waals surface area contributed by atoms with Gasteiger partial charge < -0.3 is 43.0 Å². The summed E-state index contributed by atoms with van der Waals surface area (Å²) in [6, 6.07) is 20.9. The number of carbonyl (C=O) groups is 1. The second kappa shape index (κ2) is 15.3. The summed E-state index contributed by atoms with van der Waals surface area (Å²) in [5.41, 5.74) is 4.92. The highest BCUT2D eigenvalue weighted by molar-refractivity contribution is 5.98. The SMILES string of the molecule is COc1ccc(CCNC(=O)c2ccc3c(c2)nc(-c2cc(OC)c(OC)c(OC)c2)n3CCc2ccc(OC)c(OC)c2)cc1OC. The molecule has 0 saturated heterocycles. The largest absolute Gasteiger partial charge is 0.493 e. The maximum absolute atomic E-state index is 13.3. The van der Waals surface area contributed by atoms with Gasteiger partial charge in [-0.15, -0.1) is 0 Å². The van der Waals surface area contributed by atoms with Crippen molar-refractivity contribution in [2.24, 2.45) is 0 Å². The number of amides is 1. The van der Waals surface area contributed by atoms with Crippen molar-refractivity contribution in [3.05, 3.63) is 83.4 Å². The molecule has 0 spiro atoms. The van der Waals surface area contributed by atoms with E-state index in [4.69, 9.17) is 38.1 Å². The van der Waals surface area contributed by atoms with E-state index in [1.807, 2.05) is 66.7 Å². The molecule has 48 heavy (non-hydrogen) atoms. The molecule has 1 heterocycles. The van der Waals surface area contributed by atoms with Gasteiger partial charge in [0, 0.05) is 24.2 Å². The molecule has 0 saturated carbocycles. The number of fused-ring (bicyclic) bond motifs is 1. The van der Waals surface area contributed by atoms with Crippen LogP contribution in [-0.4, -0.2) is 71.8 Å². The fourth-order valence-electron chi connectivity index (χ4n) is 5.66. The smallest absolute Gasteiger partial charge is 0.251 e. The molecule has 0 radical (unpaired) electrons. The van der Waals surface area contributed by atoms with Crippen LogP contribution in [0.15, 0.2) is 66.7 Å². The van der Waals surface area contributed by atoms with E-state index in [0.29, 0.717) is 83.1 Å². The summed E-state index contributed by atoms with van der Waals surface area (Å²) >= 11 is 0. The molecule has 11 nitrogen and oxygen atoms in total. The van der Waals surface area contributed by atoms with E-state index in [1.165, 1.54) is 0 Å². The molecule has 4 aromatic carbocycles. The van der Waals surface area contributed by atoms with Crippen LogP contribution in [0.1, 0.15) is 21.5 Å². The first kappa shape index (κ1) is 33.8. The van der Waals surface area contributed by atoms with Crippen molar-refractivity contribution in [1.29, 1.82) is 0 Å². The van der Waals surface area contributed by atoms with Crippen LogP contribution in [0.5, 0.6) is 40.2 Å².